The number of rotatable bonds is 5. The molecule has 5 heteroatoms. The Bertz CT molecular complexity index is 810. The molecule has 2 aromatic rings. The lowest BCUT2D eigenvalue weighted by atomic mass is 9.95. The van der Waals surface area contributed by atoms with Gasteiger partial charge in [-0.1, -0.05) is 12.1 Å². The van der Waals surface area contributed by atoms with E-state index in [1.807, 2.05) is 41.8 Å². The normalized spacial score (nSPS) is 17.0. The summed E-state index contributed by atoms with van der Waals surface area (Å²) in [5.41, 5.74) is 3.02. The van der Waals surface area contributed by atoms with E-state index in [1.165, 1.54) is 10.4 Å². The summed E-state index contributed by atoms with van der Waals surface area (Å²) in [7, 11) is 0. The van der Waals surface area contributed by atoms with Gasteiger partial charge in [0.2, 0.25) is 5.91 Å². The first-order valence-corrected chi connectivity index (χ1v) is 10.7. The van der Waals surface area contributed by atoms with Crippen LogP contribution in [0.3, 0.4) is 0 Å². The van der Waals surface area contributed by atoms with Crippen LogP contribution in [0.1, 0.15) is 42.6 Å². The quantitative estimate of drug-likeness (QED) is 0.764. The zero-order valence-electron chi connectivity index (χ0n) is 16.4. The maximum absolute atomic E-state index is 13.1. The second-order valence-corrected chi connectivity index (χ2v) is 8.03. The summed E-state index contributed by atoms with van der Waals surface area (Å²) in [4.78, 5) is 30.7. The van der Waals surface area contributed by atoms with Gasteiger partial charge >= 0.3 is 0 Å². The predicted molar refractivity (Wildman–Crippen MR) is 111 cm³/mol. The van der Waals surface area contributed by atoms with Crippen LogP contribution < -0.4 is 0 Å². The molecule has 2 amide bonds. The van der Waals surface area contributed by atoms with Crippen LogP contribution in [0.4, 0.5) is 0 Å². The highest BCUT2D eigenvalue weighted by Gasteiger charge is 2.30. The number of carbonyl (C=O) groups is 2. The lowest BCUT2D eigenvalue weighted by Crippen LogP contribution is -2.46. The SMILES string of the molecule is CCN(CC)C(=O)[C@H]1CCCN(C(=O)c2cccc(-c3sccc3C)c2)C1. The molecule has 1 aromatic carbocycles. The molecule has 0 radical (unpaired) electrons. The van der Waals surface area contributed by atoms with Gasteiger partial charge in [0.15, 0.2) is 0 Å². The Labute approximate surface area is 165 Å². The van der Waals surface area contributed by atoms with Crippen molar-refractivity contribution in [2.45, 2.75) is 33.6 Å². The number of thiophene rings is 1. The molecule has 1 aromatic heterocycles. The van der Waals surface area contributed by atoms with Crippen molar-refractivity contribution in [1.82, 2.24) is 9.80 Å². The summed E-state index contributed by atoms with van der Waals surface area (Å²) in [6.07, 6.45) is 1.75. The van der Waals surface area contributed by atoms with Crippen LogP contribution in [-0.2, 0) is 4.79 Å². The lowest BCUT2D eigenvalue weighted by Gasteiger charge is -2.34. The molecule has 0 N–H and O–H groups in total. The molecule has 1 atom stereocenters. The second kappa shape index (κ2) is 8.70. The minimum absolute atomic E-state index is 0.0307. The second-order valence-electron chi connectivity index (χ2n) is 7.11. The predicted octanol–water partition coefficient (Wildman–Crippen LogP) is 4.44. The molecule has 0 bridgehead atoms. The summed E-state index contributed by atoms with van der Waals surface area (Å²) < 4.78 is 0. The van der Waals surface area contributed by atoms with Gasteiger partial charge < -0.3 is 9.80 Å². The Hall–Kier alpha value is -2.14. The third-order valence-corrected chi connectivity index (χ3v) is 6.43. The molecule has 4 nitrogen and oxygen atoms in total. The van der Waals surface area contributed by atoms with E-state index in [4.69, 9.17) is 0 Å². The van der Waals surface area contributed by atoms with Crippen LogP contribution in [0.15, 0.2) is 35.7 Å². The maximum atomic E-state index is 13.1. The Balaban J connectivity index is 1.76. The fourth-order valence-electron chi connectivity index (χ4n) is 3.80. The van der Waals surface area contributed by atoms with E-state index in [0.717, 1.165) is 38.0 Å². The van der Waals surface area contributed by atoms with Crippen LogP contribution in [0.25, 0.3) is 10.4 Å². The molecule has 1 aliphatic rings. The maximum Gasteiger partial charge on any atom is 0.253 e. The van der Waals surface area contributed by atoms with Gasteiger partial charge in [0.1, 0.15) is 0 Å². The highest BCUT2D eigenvalue weighted by molar-refractivity contribution is 7.13. The number of aryl methyl sites for hydroxylation is 1. The van der Waals surface area contributed by atoms with E-state index in [2.05, 4.69) is 24.4 Å². The van der Waals surface area contributed by atoms with Gasteiger partial charge in [0, 0.05) is 36.6 Å². The van der Waals surface area contributed by atoms with Gasteiger partial charge in [-0.2, -0.15) is 0 Å². The molecule has 0 spiro atoms. The minimum atomic E-state index is -0.0784. The zero-order chi connectivity index (χ0) is 19.4. The topological polar surface area (TPSA) is 40.6 Å². The van der Waals surface area contributed by atoms with E-state index in [-0.39, 0.29) is 17.7 Å². The molecule has 0 unspecified atom stereocenters. The van der Waals surface area contributed by atoms with Gasteiger partial charge in [0.25, 0.3) is 5.91 Å². The standard InChI is InChI=1S/C22H28N2O2S/c1-4-23(5-2)22(26)19-10-7-12-24(15-19)21(25)18-9-6-8-17(14-18)20-16(3)11-13-27-20/h6,8-9,11,13-14,19H,4-5,7,10,12,15H2,1-3H3/t19-/m0/s1. The first-order chi connectivity index (χ1) is 13.0. The van der Waals surface area contributed by atoms with Crippen LogP contribution >= 0.6 is 11.3 Å². The van der Waals surface area contributed by atoms with Crippen molar-refractivity contribution >= 4 is 23.2 Å². The fourth-order valence-corrected chi connectivity index (χ4v) is 4.73. The van der Waals surface area contributed by atoms with Crippen LogP contribution in [0, 0.1) is 12.8 Å². The number of likely N-dealkylation sites (tertiary alicyclic amines) is 1. The Kier molecular flexibility index (Phi) is 6.32. The van der Waals surface area contributed by atoms with Gasteiger partial charge in [-0.25, -0.2) is 0 Å². The number of amides is 2. The van der Waals surface area contributed by atoms with E-state index in [1.54, 1.807) is 11.3 Å². The van der Waals surface area contributed by atoms with Crippen LogP contribution in [0.5, 0.6) is 0 Å². The Morgan fingerprint density at radius 3 is 2.67 bits per heavy atom. The number of piperidine rings is 1. The average Bonchev–Trinajstić information content (AvgIpc) is 3.14. The average molecular weight is 385 g/mol. The van der Waals surface area contributed by atoms with Gasteiger partial charge in [-0.3, -0.25) is 9.59 Å². The summed E-state index contributed by atoms with van der Waals surface area (Å²) in [6.45, 7) is 8.80. The molecule has 144 valence electrons. The van der Waals surface area contributed by atoms with Gasteiger partial charge in [-0.05, 0) is 68.3 Å². The molecule has 3 rings (SSSR count). The van der Waals surface area contributed by atoms with Crippen molar-refractivity contribution in [3.05, 3.63) is 46.8 Å². The van der Waals surface area contributed by atoms with Gasteiger partial charge in [0.05, 0.1) is 5.92 Å². The van der Waals surface area contributed by atoms with Gasteiger partial charge in [-0.15, -0.1) is 11.3 Å². The third-order valence-electron chi connectivity index (χ3n) is 5.37. The number of benzene rings is 1. The number of nitrogens with zero attached hydrogens (tertiary/aromatic N) is 2. The minimum Gasteiger partial charge on any atom is -0.343 e. The van der Waals surface area contributed by atoms with Crippen molar-refractivity contribution in [2.75, 3.05) is 26.2 Å². The van der Waals surface area contributed by atoms with E-state index in [0.29, 0.717) is 12.1 Å². The summed E-state index contributed by atoms with van der Waals surface area (Å²) >= 11 is 1.70. The number of carbonyl (C=O) groups excluding carboxylic acids is 2. The lowest BCUT2D eigenvalue weighted by molar-refractivity contribution is -0.136. The number of hydrogen-bond acceptors (Lipinski definition) is 3. The monoisotopic (exact) mass is 384 g/mol. The summed E-state index contributed by atoms with van der Waals surface area (Å²) in [6, 6.07) is 9.97. The van der Waals surface area contributed by atoms with E-state index in [9.17, 15) is 9.59 Å². The van der Waals surface area contributed by atoms with E-state index < -0.39 is 0 Å². The number of hydrogen-bond donors (Lipinski definition) is 0. The molecular formula is C22H28N2O2S. The van der Waals surface area contributed by atoms with Crippen molar-refractivity contribution in [1.29, 1.82) is 0 Å². The first kappa shape index (κ1) is 19.6. The largest absolute Gasteiger partial charge is 0.343 e. The smallest absolute Gasteiger partial charge is 0.253 e. The Morgan fingerprint density at radius 2 is 2.00 bits per heavy atom. The highest BCUT2D eigenvalue weighted by atomic mass is 32.1. The molecule has 1 saturated heterocycles. The molecule has 2 heterocycles. The summed E-state index contributed by atoms with van der Waals surface area (Å²) in [5, 5.41) is 2.08. The van der Waals surface area contributed by atoms with Crippen molar-refractivity contribution in [3.63, 3.8) is 0 Å². The molecular weight excluding hydrogens is 356 g/mol. The molecule has 0 aliphatic carbocycles. The van der Waals surface area contributed by atoms with Crippen LogP contribution in [0.2, 0.25) is 0 Å². The van der Waals surface area contributed by atoms with Crippen molar-refractivity contribution < 1.29 is 9.59 Å². The van der Waals surface area contributed by atoms with Crippen molar-refractivity contribution in [2.24, 2.45) is 5.92 Å². The van der Waals surface area contributed by atoms with Crippen molar-refractivity contribution in [3.8, 4) is 10.4 Å². The molecule has 27 heavy (non-hydrogen) atoms. The first-order valence-electron chi connectivity index (χ1n) is 9.77. The highest BCUT2D eigenvalue weighted by Crippen LogP contribution is 2.30. The van der Waals surface area contributed by atoms with Crippen LogP contribution in [-0.4, -0.2) is 47.8 Å². The zero-order valence-corrected chi connectivity index (χ0v) is 17.2. The van der Waals surface area contributed by atoms with E-state index >= 15 is 0 Å². The third kappa shape index (κ3) is 4.24. The fraction of sp³-hybridized carbons (Fsp3) is 0.455. The molecule has 1 fully saturated rings. The molecule has 0 saturated carbocycles. The summed E-state index contributed by atoms with van der Waals surface area (Å²) in [5.74, 6) is 0.133. The molecule has 1 aliphatic heterocycles. The Morgan fingerprint density at radius 1 is 1.22 bits per heavy atom.